The molecule has 2 aromatic rings. The maximum Gasteiger partial charge on any atom is 0.308 e. The van der Waals surface area contributed by atoms with Crippen molar-refractivity contribution in [3.63, 3.8) is 0 Å². The van der Waals surface area contributed by atoms with Gasteiger partial charge in [-0.25, -0.2) is 0 Å². The van der Waals surface area contributed by atoms with Gasteiger partial charge in [-0.1, -0.05) is 83.3 Å². The second kappa shape index (κ2) is 6.79. The second-order valence-electron chi connectivity index (χ2n) is 5.66. The Hall–Kier alpha value is -1.40. The van der Waals surface area contributed by atoms with E-state index in [-0.39, 0.29) is 15.9 Å². The lowest BCUT2D eigenvalue weighted by atomic mass is 9.89. The molecule has 2 aromatic carbocycles. The Labute approximate surface area is 144 Å². The van der Waals surface area contributed by atoms with Crippen LogP contribution < -0.4 is 0 Å². The van der Waals surface area contributed by atoms with Crippen LogP contribution in [-0.4, -0.2) is 29.1 Å². The van der Waals surface area contributed by atoms with Gasteiger partial charge in [0.25, 0.3) is 0 Å². The molecule has 0 saturated carbocycles. The van der Waals surface area contributed by atoms with Gasteiger partial charge in [-0.15, -0.1) is 0 Å². The Morgan fingerprint density at radius 1 is 1.05 bits per heavy atom. The van der Waals surface area contributed by atoms with E-state index in [2.05, 4.69) is 39.6 Å². The van der Waals surface area contributed by atoms with Crippen molar-refractivity contribution < 1.29 is 9.90 Å². The van der Waals surface area contributed by atoms with Gasteiger partial charge < -0.3 is 5.11 Å². The van der Waals surface area contributed by atoms with Crippen LogP contribution in [0.3, 0.4) is 0 Å². The van der Waals surface area contributed by atoms with Crippen LogP contribution in [0.5, 0.6) is 0 Å². The van der Waals surface area contributed by atoms with Gasteiger partial charge in [0.2, 0.25) is 0 Å². The summed E-state index contributed by atoms with van der Waals surface area (Å²) in [6, 6.07) is 20.3. The molecule has 22 heavy (non-hydrogen) atoms. The monoisotopic (exact) mass is 407 g/mol. The van der Waals surface area contributed by atoms with Gasteiger partial charge in [-0.05, 0) is 11.1 Å². The Morgan fingerprint density at radius 3 is 2.23 bits per heavy atom. The molecule has 1 heterocycles. The summed E-state index contributed by atoms with van der Waals surface area (Å²) in [4.78, 5) is 13.9. The fraction of sp³-hybridized carbons (Fsp3) is 0.278. The van der Waals surface area contributed by atoms with E-state index in [4.69, 9.17) is 0 Å². The highest BCUT2D eigenvalue weighted by Gasteiger charge is 2.40. The van der Waals surface area contributed by atoms with Gasteiger partial charge in [0, 0.05) is 19.0 Å². The van der Waals surface area contributed by atoms with Gasteiger partial charge in [0.1, 0.15) is 0 Å². The molecule has 1 aliphatic rings. The molecular weight excluding hydrogens is 389 g/mol. The molecule has 3 unspecified atom stereocenters. The molecule has 0 radical (unpaired) electrons. The number of nitrogens with zero attached hydrogens (tertiary/aromatic N) is 1. The minimum atomic E-state index is -0.701. The summed E-state index contributed by atoms with van der Waals surface area (Å²) in [5.74, 6) is -0.990. The van der Waals surface area contributed by atoms with Crippen molar-refractivity contribution in [1.29, 1.82) is 0 Å². The third kappa shape index (κ3) is 3.17. The van der Waals surface area contributed by atoms with E-state index < -0.39 is 5.97 Å². The topological polar surface area (TPSA) is 40.5 Å². The van der Waals surface area contributed by atoms with E-state index in [1.165, 1.54) is 5.56 Å². The first-order valence-electron chi connectivity index (χ1n) is 7.37. The van der Waals surface area contributed by atoms with Crippen molar-refractivity contribution in [2.45, 2.75) is 9.97 Å². The number of hydrogen-bond acceptors (Lipinski definition) is 2. The number of likely N-dealkylation sites (tertiary alicyclic amines) is 1. The number of halogens is 1. The van der Waals surface area contributed by atoms with Crippen LogP contribution in [0.1, 0.15) is 21.1 Å². The summed E-state index contributed by atoms with van der Waals surface area (Å²) < 4.78 is 0.203. The van der Waals surface area contributed by atoms with Crippen LogP contribution in [0.25, 0.3) is 0 Å². The van der Waals surface area contributed by atoms with Crippen molar-refractivity contribution >= 4 is 28.6 Å². The second-order valence-corrected chi connectivity index (χ2v) is 6.84. The minimum Gasteiger partial charge on any atom is -0.481 e. The predicted octanol–water partition coefficient (Wildman–Crippen LogP) is 3.92. The molecular formula is C18H18INO2. The smallest absolute Gasteiger partial charge is 0.308 e. The Balaban J connectivity index is 1.83. The number of rotatable bonds is 4. The number of carboxylic acids is 1. The maximum absolute atomic E-state index is 11.7. The number of alkyl halides is 1. The molecule has 0 aromatic heterocycles. The van der Waals surface area contributed by atoms with Crippen molar-refractivity contribution in [2.75, 3.05) is 13.1 Å². The van der Waals surface area contributed by atoms with Crippen LogP contribution in [0.2, 0.25) is 0 Å². The van der Waals surface area contributed by atoms with Gasteiger partial charge >= 0.3 is 5.97 Å². The lowest BCUT2D eigenvalue weighted by Gasteiger charge is -2.23. The Bertz CT molecular complexity index is 632. The average molecular weight is 407 g/mol. The molecule has 114 valence electrons. The van der Waals surface area contributed by atoms with E-state index in [1.807, 2.05) is 48.5 Å². The summed E-state index contributed by atoms with van der Waals surface area (Å²) in [5.41, 5.74) is 2.34. The van der Waals surface area contributed by atoms with Crippen molar-refractivity contribution in [2.24, 2.45) is 5.92 Å². The molecule has 4 heteroatoms. The highest BCUT2D eigenvalue weighted by molar-refractivity contribution is 14.1. The van der Waals surface area contributed by atoms with E-state index >= 15 is 0 Å². The molecule has 3 atom stereocenters. The summed E-state index contributed by atoms with van der Waals surface area (Å²) in [7, 11) is 0. The van der Waals surface area contributed by atoms with E-state index in [9.17, 15) is 9.90 Å². The van der Waals surface area contributed by atoms with Gasteiger partial charge in [-0.3, -0.25) is 9.69 Å². The fourth-order valence-corrected chi connectivity index (χ4v) is 4.00. The standard InChI is InChI=1S/C18H18INO2/c19-17(14-9-5-2-6-10-14)20-11-15(16(12-20)18(21)22)13-7-3-1-4-8-13/h1-10,15-17H,11-12H2,(H,21,22). The first kappa shape index (κ1) is 15.5. The van der Waals surface area contributed by atoms with Crippen LogP contribution in [0, 0.1) is 5.92 Å². The van der Waals surface area contributed by atoms with Crippen LogP contribution in [0.4, 0.5) is 0 Å². The molecule has 0 bridgehead atoms. The SMILES string of the molecule is O=C(O)C1CN(C(I)c2ccccc2)CC1c1ccccc1. The van der Waals surface area contributed by atoms with Gasteiger partial charge in [0.15, 0.2) is 0 Å². The third-order valence-corrected chi connectivity index (χ3v) is 5.80. The summed E-state index contributed by atoms with van der Waals surface area (Å²) in [5, 5.41) is 9.59. The van der Waals surface area contributed by atoms with Gasteiger partial charge in [-0.2, -0.15) is 0 Å². The number of hydrogen-bond donors (Lipinski definition) is 1. The zero-order valence-corrected chi connectivity index (χ0v) is 14.3. The highest BCUT2D eigenvalue weighted by Crippen LogP contribution is 2.39. The highest BCUT2D eigenvalue weighted by atomic mass is 127. The fourth-order valence-electron chi connectivity index (χ4n) is 3.13. The zero-order chi connectivity index (χ0) is 15.5. The van der Waals surface area contributed by atoms with Gasteiger partial charge in [0.05, 0.1) is 9.97 Å². The number of benzene rings is 2. The van der Waals surface area contributed by atoms with E-state index in [1.54, 1.807) is 0 Å². The first-order valence-corrected chi connectivity index (χ1v) is 8.62. The molecule has 3 rings (SSSR count). The van der Waals surface area contributed by atoms with Crippen molar-refractivity contribution in [1.82, 2.24) is 4.90 Å². The molecule has 1 aliphatic heterocycles. The molecule has 1 saturated heterocycles. The average Bonchev–Trinajstić information content (AvgIpc) is 3.01. The quantitative estimate of drug-likeness (QED) is 0.475. The molecule has 3 nitrogen and oxygen atoms in total. The largest absolute Gasteiger partial charge is 0.481 e. The van der Waals surface area contributed by atoms with E-state index in [0.29, 0.717) is 6.54 Å². The Kier molecular flexibility index (Phi) is 4.78. The van der Waals surface area contributed by atoms with Crippen molar-refractivity contribution in [3.05, 3.63) is 71.8 Å². The Morgan fingerprint density at radius 2 is 1.64 bits per heavy atom. The molecule has 1 fully saturated rings. The first-order chi connectivity index (χ1) is 10.7. The summed E-state index contributed by atoms with van der Waals surface area (Å²) in [6.07, 6.45) is 0. The number of carboxylic acid groups (broad SMARTS) is 1. The molecule has 1 N–H and O–H groups in total. The van der Waals surface area contributed by atoms with Crippen LogP contribution in [-0.2, 0) is 4.79 Å². The number of carbonyl (C=O) groups is 1. The zero-order valence-electron chi connectivity index (χ0n) is 12.1. The maximum atomic E-state index is 11.7. The number of aliphatic carboxylic acids is 1. The summed E-state index contributed by atoms with van der Waals surface area (Å²) >= 11 is 2.41. The minimum absolute atomic E-state index is 0.0553. The molecule has 0 spiro atoms. The normalized spacial score (nSPS) is 23.3. The predicted molar refractivity (Wildman–Crippen MR) is 95.1 cm³/mol. The third-order valence-electron chi connectivity index (χ3n) is 4.29. The van der Waals surface area contributed by atoms with Crippen LogP contribution in [0.15, 0.2) is 60.7 Å². The van der Waals surface area contributed by atoms with Crippen LogP contribution >= 0.6 is 22.6 Å². The molecule has 0 aliphatic carbocycles. The lowest BCUT2D eigenvalue weighted by Crippen LogP contribution is -2.24. The van der Waals surface area contributed by atoms with E-state index in [0.717, 1.165) is 12.1 Å². The molecule has 0 amide bonds. The summed E-state index contributed by atoms with van der Waals surface area (Å²) in [6.45, 7) is 1.38. The van der Waals surface area contributed by atoms with Crippen molar-refractivity contribution in [3.8, 4) is 0 Å². The lowest BCUT2D eigenvalue weighted by molar-refractivity contribution is -0.141.